The van der Waals surface area contributed by atoms with Crippen molar-refractivity contribution in [1.82, 2.24) is 16.3 Å². The maximum Gasteiger partial charge on any atom is 0.326 e. The second kappa shape index (κ2) is 5.87. The Morgan fingerprint density at radius 2 is 2.16 bits per heavy atom. The van der Waals surface area contributed by atoms with E-state index in [2.05, 4.69) is 16.3 Å². The minimum Gasteiger partial charge on any atom is -0.480 e. The quantitative estimate of drug-likeness (QED) is 0.556. The highest BCUT2D eigenvalue weighted by Gasteiger charge is 2.15. The molecule has 1 aromatic rings. The number of hydrazine groups is 1. The zero-order valence-electron chi connectivity index (χ0n) is 9.92. The lowest BCUT2D eigenvalue weighted by Crippen LogP contribution is -2.36. The number of hydrogen-bond donors (Lipinski definition) is 4. The second-order valence-corrected chi connectivity index (χ2v) is 3.88. The standard InChI is InChI=1S/C8H7NO2.C4H6N2O2/c10-8-5-6-3-1-2-4-7(6)11-9-8;7-4(8)3-1-2-5-6-3/h1-4H,5H2,(H,9,10);1-3,5-6H,(H,7,8). The molecule has 0 aromatic heterocycles. The van der Waals surface area contributed by atoms with Gasteiger partial charge in [0.05, 0.1) is 6.42 Å². The summed E-state index contributed by atoms with van der Waals surface area (Å²) in [5, 5.41) is 8.26. The number of fused-ring (bicyclic) bond motifs is 1. The van der Waals surface area contributed by atoms with Gasteiger partial charge in [-0.05, 0) is 12.1 Å². The summed E-state index contributed by atoms with van der Waals surface area (Å²) < 4.78 is 0. The van der Waals surface area contributed by atoms with Gasteiger partial charge in [0.15, 0.2) is 5.75 Å². The maximum atomic E-state index is 10.8. The predicted octanol–water partition coefficient (Wildman–Crippen LogP) is -0.286. The number of hydroxylamine groups is 1. The molecule has 4 N–H and O–H groups in total. The zero-order valence-corrected chi connectivity index (χ0v) is 9.92. The first-order valence-corrected chi connectivity index (χ1v) is 5.61. The second-order valence-electron chi connectivity index (χ2n) is 3.88. The van der Waals surface area contributed by atoms with Crippen molar-refractivity contribution in [2.45, 2.75) is 12.5 Å². The van der Waals surface area contributed by atoms with Crippen LogP contribution in [0.3, 0.4) is 0 Å². The fourth-order valence-electron chi connectivity index (χ4n) is 1.54. The Morgan fingerprint density at radius 3 is 2.79 bits per heavy atom. The Hall–Kier alpha value is -2.54. The van der Waals surface area contributed by atoms with E-state index in [1.807, 2.05) is 24.3 Å². The maximum absolute atomic E-state index is 10.8. The van der Waals surface area contributed by atoms with Gasteiger partial charge in [-0.15, -0.1) is 0 Å². The Labute approximate surface area is 109 Å². The molecule has 0 bridgehead atoms. The molecule has 19 heavy (non-hydrogen) atoms. The molecule has 0 saturated carbocycles. The van der Waals surface area contributed by atoms with Crippen LogP contribution in [-0.4, -0.2) is 23.0 Å². The molecule has 0 spiro atoms. The first kappa shape index (κ1) is 12.9. The minimum absolute atomic E-state index is 0.0938. The zero-order chi connectivity index (χ0) is 13.7. The summed E-state index contributed by atoms with van der Waals surface area (Å²) in [6.45, 7) is 0. The van der Waals surface area contributed by atoms with E-state index in [1.54, 1.807) is 6.20 Å². The molecule has 0 fully saturated rings. The normalized spacial score (nSPS) is 19.2. The average Bonchev–Trinajstić information content (AvgIpc) is 2.93. The van der Waals surface area contributed by atoms with Crippen LogP contribution in [-0.2, 0) is 16.0 Å². The van der Waals surface area contributed by atoms with Crippen LogP contribution >= 0.6 is 0 Å². The molecule has 100 valence electrons. The van der Waals surface area contributed by atoms with E-state index >= 15 is 0 Å². The van der Waals surface area contributed by atoms with Gasteiger partial charge < -0.3 is 15.4 Å². The summed E-state index contributed by atoms with van der Waals surface area (Å²) in [6, 6.07) is 6.91. The number of para-hydroxylation sites is 1. The number of hydrogen-bond acceptors (Lipinski definition) is 5. The van der Waals surface area contributed by atoms with Gasteiger partial charge in [-0.25, -0.2) is 5.43 Å². The van der Waals surface area contributed by atoms with Gasteiger partial charge >= 0.3 is 5.97 Å². The smallest absolute Gasteiger partial charge is 0.326 e. The summed E-state index contributed by atoms with van der Waals surface area (Å²) in [4.78, 5) is 25.8. The molecular formula is C12H13N3O4. The molecule has 7 heteroatoms. The topological polar surface area (TPSA) is 99.7 Å². The minimum atomic E-state index is -0.869. The summed E-state index contributed by atoms with van der Waals surface area (Å²) >= 11 is 0. The predicted molar refractivity (Wildman–Crippen MR) is 65.8 cm³/mol. The van der Waals surface area contributed by atoms with E-state index in [9.17, 15) is 9.59 Å². The van der Waals surface area contributed by atoms with Crippen LogP contribution in [0.25, 0.3) is 0 Å². The van der Waals surface area contributed by atoms with E-state index in [0.29, 0.717) is 6.42 Å². The third kappa shape index (κ3) is 3.46. The van der Waals surface area contributed by atoms with Crippen LogP contribution < -0.4 is 21.2 Å². The van der Waals surface area contributed by atoms with Crippen molar-refractivity contribution in [3.63, 3.8) is 0 Å². The third-order valence-electron chi connectivity index (χ3n) is 2.48. The number of rotatable bonds is 1. The molecule has 2 heterocycles. The summed E-state index contributed by atoms with van der Waals surface area (Å²) in [7, 11) is 0. The number of amides is 1. The van der Waals surface area contributed by atoms with Gasteiger partial charge in [0.2, 0.25) is 0 Å². The van der Waals surface area contributed by atoms with Crippen molar-refractivity contribution >= 4 is 11.9 Å². The molecular weight excluding hydrogens is 250 g/mol. The summed E-state index contributed by atoms with van der Waals surface area (Å²) in [5.41, 5.74) is 8.28. The van der Waals surface area contributed by atoms with Crippen molar-refractivity contribution in [3.05, 3.63) is 42.1 Å². The highest BCUT2D eigenvalue weighted by atomic mass is 16.7. The number of benzene rings is 1. The van der Waals surface area contributed by atoms with Crippen molar-refractivity contribution in [3.8, 4) is 5.75 Å². The van der Waals surface area contributed by atoms with Gasteiger partial charge in [0.25, 0.3) is 5.91 Å². The molecule has 1 unspecified atom stereocenters. The first-order valence-electron chi connectivity index (χ1n) is 5.61. The number of nitrogens with one attached hydrogen (secondary N) is 3. The molecule has 3 rings (SSSR count). The molecule has 0 radical (unpaired) electrons. The van der Waals surface area contributed by atoms with E-state index in [1.165, 1.54) is 6.08 Å². The van der Waals surface area contributed by atoms with Crippen molar-refractivity contribution < 1.29 is 19.5 Å². The van der Waals surface area contributed by atoms with Gasteiger partial charge in [-0.3, -0.25) is 9.59 Å². The summed E-state index contributed by atoms with van der Waals surface area (Å²) in [5.74, 6) is -0.220. The largest absolute Gasteiger partial charge is 0.480 e. The molecule has 1 aromatic carbocycles. The molecule has 1 atom stereocenters. The van der Waals surface area contributed by atoms with E-state index in [-0.39, 0.29) is 5.91 Å². The van der Waals surface area contributed by atoms with Crippen LogP contribution in [0.15, 0.2) is 36.5 Å². The Balaban J connectivity index is 0.000000148. The van der Waals surface area contributed by atoms with Gasteiger partial charge in [-0.1, -0.05) is 18.2 Å². The van der Waals surface area contributed by atoms with Gasteiger partial charge in [0.1, 0.15) is 6.04 Å². The van der Waals surface area contributed by atoms with Crippen molar-refractivity contribution in [2.75, 3.05) is 0 Å². The lowest BCUT2D eigenvalue weighted by atomic mass is 10.1. The number of carboxylic acid groups (broad SMARTS) is 1. The monoisotopic (exact) mass is 263 g/mol. The first-order chi connectivity index (χ1) is 9.16. The lowest BCUT2D eigenvalue weighted by Gasteiger charge is -2.15. The van der Waals surface area contributed by atoms with Crippen LogP contribution in [0.5, 0.6) is 5.75 Å². The van der Waals surface area contributed by atoms with E-state index < -0.39 is 12.0 Å². The third-order valence-corrected chi connectivity index (χ3v) is 2.48. The van der Waals surface area contributed by atoms with Crippen LogP contribution in [0.2, 0.25) is 0 Å². The molecule has 0 aliphatic carbocycles. The van der Waals surface area contributed by atoms with Gasteiger partial charge in [0, 0.05) is 11.8 Å². The fraction of sp³-hybridized carbons (Fsp3) is 0.167. The molecule has 1 amide bonds. The molecule has 7 nitrogen and oxygen atoms in total. The lowest BCUT2D eigenvalue weighted by molar-refractivity contribution is -0.138. The molecule has 0 saturated heterocycles. The number of aliphatic carboxylic acids is 1. The SMILES string of the molecule is O=C(O)C1C=CNN1.O=C1Cc2ccccc2ON1. The number of carbonyl (C=O) groups is 2. The number of carbonyl (C=O) groups excluding carboxylic acids is 1. The van der Waals surface area contributed by atoms with Crippen LogP contribution in [0, 0.1) is 0 Å². The Bertz CT molecular complexity index is 515. The van der Waals surface area contributed by atoms with Crippen LogP contribution in [0.4, 0.5) is 0 Å². The van der Waals surface area contributed by atoms with Crippen molar-refractivity contribution in [1.29, 1.82) is 0 Å². The fourth-order valence-corrected chi connectivity index (χ4v) is 1.54. The summed E-state index contributed by atoms with van der Waals surface area (Å²) in [6.07, 6.45) is 3.50. The van der Waals surface area contributed by atoms with Crippen LogP contribution in [0.1, 0.15) is 5.56 Å². The van der Waals surface area contributed by atoms with Gasteiger partial charge in [-0.2, -0.15) is 5.48 Å². The highest BCUT2D eigenvalue weighted by molar-refractivity contribution is 5.80. The molecule has 2 aliphatic heterocycles. The van der Waals surface area contributed by atoms with E-state index in [4.69, 9.17) is 9.94 Å². The highest BCUT2D eigenvalue weighted by Crippen LogP contribution is 2.19. The Morgan fingerprint density at radius 1 is 1.37 bits per heavy atom. The average molecular weight is 263 g/mol. The Kier molecular flexibility index (Phi) is 3.99. The van der Waals surface area contributed by atoms with Crippen molar-refractivity contribution in [2.24, 2.45) is 0 Å². The number of carboxylic acids is 1. The molecule has 2 aliphatic rings. The van der Waals surface area contributed by atoms with E-state index in [0.717, 1.165) is 11.3 Å².